The van der Waals surface area contributed by atoms with E-state index in [2.05, 4.69) is 12.2 Å². The van der Waals surface area contributed by atoms with Crippen LogP contribution in [-0.4, -0.2) is 0 Å². The normalized spacial score (nSPS) is 7.33. The molecule has 78 valence electrons. The Morgan fingerprint density at radius 2 is 1.25 bits per heavy atom. The van der Waals surface area contributed by atoms with E-state index >= 15 is 0 Å². The molecular weight excluding hydrogens is 223 g/mol. The van der Waals surface area contributed by atoms with Crippen LogP contribution in [-0.2, 0) is 26.2 Å². The van der Waals surface area contributed by atoms with E-state index in [1.54, 1.807) is 0 Å². The summed E-state index contributed by atoms with van der Waals surface area (Å²) in [7, 11) is 0. The van der Waals surface area contributed by atoms with E-state index in [4.69, 9.17) is 0 Å². The summed E-state index contributed by atoms with van der Waals surface area (Å²) >= 11 is 0. The van der Waals surface area contributed by atoms with Gasteiger partial charge in [0.25, 0.3) is 0 Å². The zero-order valence-corrected chi connectivity index (χ0v) is 11.9. The van der Waals surface area contributed by atoms with Gasteiger partial charge in [-0.2, -0.15) is 6.08 Å². The van der Waals surface area contributed by atoms with E-state index < -0.39 is 0 Å². The van der Waals surface area contributed by atoms with E-state index in [9.17, 15) is 0 Å². The predicted molar refractivity (Wildman–Crippen MR) is 60.1 cm³/mol. The Morgan fingerprint density at radius 1 is 0.833 bits per heavy atom. The zero-order chi connectivity index (χ0) is 3.54. The molecule has 1 aliphatic rings. The molecule has 0 atom stereocenters. The third-order valence-electron chi connectivity index (χ3n) is 0.586. The van der Waals surface area contributed by atoms with Crippen molar-refractivity contribution in [1.82, 2.24) is 0 Å². The first-order valence-corrected chi connectivity index (χ1v) is 1.72. The van der Waals surface area contributed by atoms with Crippen LogP contribution in [0.1, 0.15) is 6.42 Å². The average Bonchev–Trinajstić information content (AvgIpc) is 1.76. The van der Waals surface area contributed by atoms with Crippen molar-refractivity contribution in [3.05, 3.63) is 68.9 Å². The van der Waals surface area contributed by atoms with Crippen molar-refractivity contribution < 1.29 is 26.2 Å². The first-order chi connectivity index (χ1) is 2.50. The summed E-state index contributed by atoms with van der Waals surface area (Å²) in [6.07, 6.45) is 10.0. The fourth-order valence-electron chi connectivity index (χ4n) is 0.340. The maximum Gasteiger partial charge on any atom is 0 e. The number of rotatable bonds is 0. The molecule has 0 heterocycles. The molecule has 0 unspecified atom stereocenters. The summed E-state index contributed by atoms with van der Waals surface area (Å²) in [4.78, 5) is 0. The second-order valence-electron chi connectivity index (χ2n) is 1.00. The summed E-state index contributed by atoms with van der Waals surface area (Å²) in [6.45, 7) is 0. The Labute approximate surface area is 101 Å². The molecule has 1 aliphatic carbocycles. The zero-order valence-electron chi connectivity index (χ0n) is 9.44. The maximum atomic E-state index is 2.99. The maximum absolute atomic E-state index is 2.99. The minimum atomic E-state index is 0. The summed E-state index contributed by atoms with van der Waals surface area (Å²) in [5, 5.41) is 0. The van der Waals surface area contributed by atoms with Gasteiger partial charge in [-0.15, -0.1) is 6.42 Å². The van der Waals surface area contributed by atoms with Crippen LogP contribution in [0, 0.1) is 50.6 Å². The van der Waals surface area contributed by atoms with Gasteiger partial charge in [0.1, 0.15) is 0 Å². The summed E-state index contributed by atoms with van der Waals surface area (Å²) < 4.78 is 0. The third-order valence-corrected chi connectivity index (χ3v) is 0.586. The quantitative estimate of drug-likeness (QED) is 0.567. The van der Waals surface area contributed by atoms with Crippen LogP contribution in [0.5, 0.6) is 0 Å². The second kappa shape index (κ2) is 42.4. The van der Waals surface area contributed by atoms with E-state index in [0.717, 1.165) is 6.42 Å². The van der Waals surface area contributed by atoms with E-state index in [0.29, 0.717) is 0 Å². The standard InChI is InChI=1S/C5H5.6CH3.Zr/c1-2-4-5-3-1;;;;;;;/h1-3H,4H2;6*1H3;/q7*-1;. The summed E-state index contributed by atoms with van der Waals surface area (Å²) in [6, 6.07) is 0. The van der Waals surface area contributed by atoms with Gasteiger partial charge >= 0.3 is 0 Å². The first kappa shape index (κ1) is 55.5. The molecule has 12 heavy (non-hydrogen) atoms. The van der Waals surface area contributed by atoms with Gasteiger partial charge in [0.2, 0.25) is 0 Å². The van der Waals surface area contributed by atoms with Crippen molar-refractivity contribution in [2.45, 2.75) is 6.42 Å². The molecule has 0 aromatic carbocycles. The fourth-order valence-corrected chi connectivity index (χ4v) is 0.340. The van der Waals surface area contributed by atoms with Gasteiger partial charge in [-0.25, -0.2) is 12.2 Å². The van der Waals surface area contributed by atoms with Gasteiger partial charge in [0, 0.05) is 26.2 Å². The predicted octanol–water partition coefficient (Wildman–Crippen LogP) is 4.00. The van der Waals surface area contributed by atoms with Crippen LogP contribution in [0.25, 0.3) is 0 Å². The molecular formula is C11H23Zr-7. The third kappa shape index (κ3) is 31.6. The molecule has 0 aromatic heterocycles. The Balaban J connectivity index is -0.00000000714. The van der Waals surface area contributed by atoms with Crippen molar-refractivity contribution >= 4 is 0 Å². The van der Waals surface area contributed by atoms with E-state index in [1.165, 1.54) is 0 Å². The largest absolute Gasteiger partial charge is 0.358 e. The van der Waals surface area contributed by atoms with E-state index in [1.807, 2.05) is 12.2 Å². The Morgan fingerprint density at radius 3 is 1.33 bits per heavy atom. The number of hydrogen-bond donors (Lipinski definition) is 0. The van der Waals surface area contributed by atoms with Crippen molar-refractivity contribution in [2.24, 2.45) is 0 Å². The van der Waals surface area contributed by atoms with Crippen LogP contribution in [0.3, 0.4) is 0 Å². The fraction of sp³-hybridized carbons (Fsp3) is 0.0909. The monoisotopic (exact) mass is 245 g/mol. The van der Waals surface area contributed by atoms with Gasteiger partial charge in [-0.1, -0.05) is 0 Å². The van der Waals surface area contributed by atoms with E-state index in [-0.39, 0.29) is 70.8 Å². The van der Waals surface area contributed by atoms with Crippen LogP contribution in [0.4, 0.5) is 0 Å². The summed E-state index contributed by atoms with van der Waals surface area (Å²) in [5.41, 5.74) is 0. The van der Waals surface area contributed by atoms with Crippen molar-refractivity contribution in [3.63, 3.8) is 0 Å². The van der Waals surface area contributed by atoms with Gasteiger partial charge in [0.15, 0.2) is 0 Å². The molecule has 0 aromatic rings. The Hall–Kier alpha value is 0.363. The molecule has 0 spiro atoms. The molecule has 1 rings (SSSR count). The minimum Gasteiger partial charge on any atom is -0.358 e. The Kier molecular flexibility index (Phi) is 196. The smallest absolute Gasteiger partial charge is 0 e. The van der Waals surface area contributed by atoms with Gasteiger partial charge in [0.05, 0.1) is 0 Å². The van der Waals surface area contributed by atoms with Crippen LogP contribution < -0.4 is 0 Å². The molecule has 0 fully saturated rings. The average molecular weight is 247 g/mol. The SMILES string of the molecule is [C-]1=CC=CC1.[CH3-].[CH3-].[CH3-].[CH3-].[CH3-].[CH3-].[Zr]. The molecule has 0 N–H and O–H groups in total. The molecule has 0 saturated heterocycles. The molecule has 0 saturated carbocycles. The van der Waals surface area contributed by atoms with Crippen molar-refractivity contribution in [3.8, 4) is 0 Å². The number of allylic oxidation sites excluding steroid dienone is 4. The minimum absolute atomic E-state index is 0. The molecule has 0 radical (unpaired) electrons. The topological polar surface area (TPSA) is 0 Å². The molecule has 0 nitrogen and oxygen atoms in total. The van der Waals surface area contributed by atoms with Crippen LogP contribution in [0.15, 0.2) is 18.2 Å². The molecule has 0 aliphatic heterocycles. The van der Waals surface area contributed by atoms with Crippen molar-refractivity contribution in [1.29, 1.82) is 0 Å². The Bertz CT molecular complexity index is 63.1. The number of hydrogen-bond acceptors (Lipinski definition) is 0. The molecule has 0 amide bonds. The summed E-state index contributed by atoms with van der Waals surface area (Å²) in [5.74, 6) is 0. The van der Waals surface area contributed by atoms with Crippen LogP contribution >= 0.6 is 0 Å². The van der Waals surface area contributed by atoms with Crippen molar-refractivity contribution in [2.75, 3.05) is 0 Å². The van der Waals surface area contributed by atoms with Gasteiger partial charge in [-0.05, 0) is 0 Å². The molecule has 1 heteroatoms. The van der Waals surface area contributed by atoms with Gasteiger partial charge < -0.3 is 44.6 Å². The second-order valence-corrected chi connectivity index (χ2v) is 1.00. The van der Waals surface area contributed by atoms with Gasteiger partial charge in [-0.3, -0.25) is 6.08 Å². The first-order valence-electron chi connectivity index (χ1n) is 1.72. The molecule has 0 bridgehead atoms. The van der Waals surface area contributed by atoms with Crippen LogP contribution in [0.2, 0.25) is 0 Å².